The van der Waals surface area contributed by atoms with Gasteiger partial charge in [-0.2, -0.15) is 0 Å². The molecule has 2 fully saturated rings. The fourth-order valence-electron chi connectivity index (χ4n) is 5.15. The van der Waals surface area contributed by atoms with Gasteiger partial charge >= 0.3 is 0 Å². The lowest BCUT2D eigenvalue weighted by Gasteiger charge is -2.29. The lowest BCUT2D eigenvalue weighted by Crippen LogP contribution is -2.34. The number of carbonyl (C=O) groups is 1. The Bertz CT molecular complexity index is 1080. The molecule has 0 aliphatic carbocycles. The highest BCUT2D eigenvalue weighted by Crippen LogP contribution is 2.45. The Morgan fingerprint density at radius 2 is 1.86 bits per heavy atom. The molecule has 4 nitrogen and oxygen atoms in total. The smallest absolute Gasteiger partial charge is 0.219 e. The van der Waals surface area contributed by atoms with Gasteiger partial charge in [0.1, 0.15) is 11.6 Å². The summed E-state index contributed by atoms with van der Waals surface area (Å²) in [6, 6.07) is 17.3. The number of hydrogen-bond donors (Lipinski definition) is 0. The maximum absolute atomic E-state index is 13.7. The van der Waals surface area contributed by atoms with Crippen LogP contribution in [0.3, 0.4) is 0 Å². The Morgan fingerprint density at radius 3 is 2.62 bits per heavy atom. The maximum atomic E-state index is 13.7. The molecule has 0 saturated carbocycles. The molecule has 3 aromatic rings. The fourth-order valence-corrected chi connectivity index (χ4v) is 5.15. The minimum Gasteiger partial charge on any atom is -0.356 e. The van der Waals surface area contributed by atoms with Crippen LogP contribution in [-0.4, -0.2) is 35.4 Å². The van der Waals surface area contributed by atoms with Gasteiger partial charge in [-0.05, 0) is 36.2 Å². The highest BCUT2D eigenvalue weighted by molar-refractivity contribution is 5.84. The Labute approximate surface area is 170 Å². The molecular weight excluding hydrogens is 365 g/mol. The van der Waals surface area contributed by atoms with Crippen LogP contribution in [0, 0.1) is 24.6 Å². The Morgan fingerprint density at radius 1 is 1.07 bits per heavy atom. The summed E-state index contributed by atoms with van der Waals surface area (Å²) in [5, 5.41) is 0.986. The van der Waals surface area contributed by atoms with Crippen molar-refractivity contribution >= 4 is 22.6 Å². The molecule has 5 rings (SSSR count). The first kappa shape index (κ1) is 18.1. The van der Waals surface area contributed by atoms with E-state index >= 15 is 0 Å². The van der Waals surface area contributed by atoms with Crippen molar-refractivity contribution in [2.75, 3.05) is 24.5 Å². The molecule has 1 amide bonds. The minimum absolute atomic E-state index is 0.0997. The number of anilines is 1. The van der Waals surface area contributed by atoms with Gasteiger partial charge in [0.2, 0.25) is 5.91 Å². The topological polar surface area (TPSA) is 36.4 Å². The molecule has 29 heavy (non-hydrogen) atoms. The summed E-state index contributed by atoms with van der Waals surface area (Å²) in [5.74, 6) is 1.55. The number of aryl methyl sites for hydroxylation is 1. The molecule has 2 aliphatic rings. The number of fused-ring (bicyclic) bond motifs is 2. The fraction of sp³-hybridized carbons (Fsp3) is 0.333. The highest BCUT2D eigenvalue weighted by atomic mass is 19.1. The second-order valence-electron chi connectivity index (χ2n) is 8.31. The van der Waals surface area contributed by atoms with Crippen LogP contribution < -0.4 is 4.90 Å². The lowest BCUT2D eigenvalue weighted by molar-refractivity contribution is -0.130. The van der Waals surface area contributed by atoms with E-state index in [4.69, 9.17) is 4.98 Å². The number of hydrogen-bond acceptors (Lipinski definition) is 3. The standard InChI is InChI=1S/C24H24FN3O/c1-15-10-23(26-22-11-19(25)8-9-20(15)22)27-12-18-13-28(16(2)29)24(21(18)14-27)17-6-4-3-5-7-17/h3-11,18,21,24H,12-14H2,1-2H3/t18-,21-,24+/m1/s1. The van der Waals surface area contributed by atoms with Gasteiger partial charge in [-0.1, -0.05) is 30.3 Å². The average molecular weight is 389 g/mol. The third-order valence-electron chi connectivity index (χ3n) is 6.50. The molecule has 2 aromatic carbocycles. The lowest BCUT2D eigenvalue weighted by atomic mass is 9.89. The van der Waals surface area contributed by atoms with Crippen LogP contribution in [0.2, 0.25) is 0 Å². The summed E-state index contributed by atoms with van der Waals surface area (Å²) in [4.78, 5) is 21.4. The molecule has 5 heteroatoms. The van der Waals surface area contributed by atoms with Crippen molar-refractivity contribution in [3.05, 3.63) is 71.5 Å². The summed E-state index contributed by atoms with van der Waals surface area (Å²) in [5.41, 5.74) is 3.00. The van der Waals surface area contributed by atoms with E-state index in [1.807, 2.05) is 30.0 Å². The number of aromatic nitrogens is 1. The number of rotatable bonds is 2. The van der Waals surface area contributed by atoms with E-state index in [0.717, 1.165) is 36.4 Å². The highest BCUT2D eigenvalue weighted by Gasteiger charge is 2.48. The number of halogens is 1. The summed E-state index contributed by atoms with van der Waals surface area (Å²) >= 11 is 0. The molecule has 2 saturated heterocycles. The summed E-state index contributed by atoms with van der Waals surface area (Å²) in [6.07, 6.45) is 0. The molecule has 3 atom stereocenters. The molecule has 1 aromatic heterocycles. The van der Waals surface area contributed by atoms with Gasteiger partial charge in [0.25, 0.3) is 0 Å². The third kappa shape index (κ3) is 3.05. The van der Waals surface area contributed by atoms with Gasteiger partial charge in [0.05, 0.1) is 11.6 Å². The van der Waals surface area contributed by atoms with Crippen LogP contribution in [0.25, 0.3) is 10.9 Å². The molecule has 0 N–H and O–H groups in total. The van der Waals surface area contributed by atoms with E-state index < -0.39 is 0 Å². The van der Waals surface area contributed by atoms with Crippen molar-refractivity contribution in [3.63, 3.8) is 0 Å². The third-order valence-corrected chi connectivity index (χ3v) is 6.50. The van der Waals surface area contributed by atoms with Gasteiger partial charge < -0.3 is 9.80 Å². The molecule has 0 bridgehead atoms. The summed E-state index contributed by atoms with van der Waals surface area (Å²) in [6.45, 7) is 6.20. The number of carbonyl (C=O) groups excluding carboxylic acids is 1. The van der Waals surface area contributed by atoms with Crippen LogP contribution in [-0.2, 0) is 4.79 Å². The van der Waals surface area contributed by atoms with Gasteiger partial charge in [0, 0.05) is 49.8 Å². The van der Waals surface area contributed by atoms with Crippen molar-refractivity contribution in [2.24, 2.45) is 11.8 Å². The van der Waals surface area contributed by atoms with Crippen molar-refractivity contribution in [3.8, 4) is 0 Å². The normalized spacial score (nSPS) is 23.6. The number of nitrogens with zero attached hydrogens (tertiary/aromatic N) is 3. The van der Waals surface area contributed by atoms with E-state index in [9.17, 15) is 9.18 Å². The van der Waals surface area contributed by atoms with Gasteiger partial charge in [0.15, 0.2) is 0 Å². The number of likely N-dealkylation sites (tertiary alicyclic amines) is 1. The second-order valence-corrected chi connectivity index (χ2v) is 8.31. The molecule has 3 heterocycles. The van der Waals surface area contributed by atoms with Gasteiger partial charge in [-0.15, -0.1) is 0 Å². The minimum atomic E-state index is -0.263. The predicted molar refractivity (Wildman–Crippen MR) is 112 cm³/mol. The van der Waals surface area contributed by atoms with Crippen LogP contribution >= 0.6 is 0 Å². The van der Waals surface area contributed by atoms with Crippen LogP contribution in [0.1, 0.15) is 24.1 Å². The predicted octanol–water partition coefficient (Wildman–Crippen LogP) is 4.34. The summed E-state index contributed by atoms with van der Waals surface area (Å²) in [7, 11) is 0. The Kier molecular flexibility index (Phi) is 4.26. The number of amides is 1. The van der Waals surface area contributed by atoms with E-state index in [1.165, 1.54) is 17.7 Å². The van der Waals surface area contributed by atoms with Crippen LogP contribution in [0.5, 0.6) is 0 Å². The Hall–Kier alpha value is -2.95. The van der Waals surface area contributed by atoms with Gasteiger partial charge in [-0.3, -0.25) is 4.79 Å². The quantitative estimate of drug-likeness (QED) is 0.654. The largest absolute Gasteiger partial charge is 0.356 e. The molecule has 2 aliphatic heterocycles. The molecule has 0 spiro atoms. The van der Waals surface area contributed by atoms with E-state index in [1.54, 1.807) is 13.0 Å². The summed E-state index contributed by atoms with van der Waals surface area (Å²) < 4.78 is 13.7. The molecule has 0 unspecified atom stereocenters. The Balaban J connectivity index is 1.48. The molecular formula is C24H24FN3O. The number of benzene rings is 2. The zero-order valence-corrected chi connectivity index (χ0v) is 16.7. The van der Waals surface area contributed by atoms with E-state index in [-0.39, 0.29) is 17.8 Å². The zero-order chi connectivity index (χ0) is 20.1. The second kappa shape index (κ2) is 6.83. The zero-order valence-electron chi connectivity index (χ0n) is 16.7. The molecule has 148 valence electrons. The molecule has 0 radical (unpaired) electrons. The van der Waals surface area contributed by atoms with E-state index in [0.29, 0.717) is 17.4 Å². The van der Waals surface area contributed by atoms with Crippen LogP contribution in [0.15, 0.2) is 54.6 Å². The van der Waals surface area contributed by atoms with Crippen molar-refractivity contribution < 1.29 is 9.18 Å². The SMILES string of the molecule is CC(=O)N1C[C@H]2CN(c3cc(C)c4ccc(F)cc4n3)C[C@H]2[C@@H]1c1ccccc1. The number of pyridine rings is 1. The monoisotopic (exact) mass is 389 g/mol. The first-order valence-corrected chi connectivity index (χ1v) is 10.2. The van der Waals surface area contributed by atoms with Gasteiger partial charge in [-0.25, -0.2) is 9.37 Å². The van der Waals surface area contributed by atoms with Crippen molar-refractivity contribution in [2.45, 2.75) is 19.9 Å². The first-order valence-electron chi connectivity index (χ1n) is 10.2. The first-order chi connectivity index (χ1) is 14.0. The van der Waals surface area contributed by atoms with Crippen molar-refractivity contribution in [1.82, 2.24) is 9.88 Å². The van der Waals surface area contributed by atoms with Crippen LogP contribution in [0.4, 0.5) is 10.2 Å². The van der Waals surface area contributed by atoms with E-state index in [2.05, 4.69) is 23.1 Å². The maximum Gasteiger partial charge on any atom is 0.219 e. The average Bonchev–Trinajstić information content (AvgIpc) is 3.26. The van der Waals surface area contributed by atoms with Crippen molar-refractivity contribution in [1.29, 1.82) is 0 Å².